The first-order chi connectivity index (χ1) is 9.66. The van der Waals surface area contributed by atoms with E-state index < -0.39 is 0 Å². The molecule has 0 bridgehead atoms. The summed E-state index contributed by atoms with van der Waals surface area (Å²) in [6.07, 6.45) is 8.18. The van der Waals surface area contributed by atoms with Crippen LogP contribution in [0.4, 0.5) is 5.69 Å². The van der Waals surface area contributed by atoms with Gasteiger partial charge in [-0.25, -0.2) is 0 Å². The first-order valence-electron chi connectivity index (χ1n) is 7.53. The molecule has 0 radical (unpaired) electrons. The van der Waals surface area contributed by atoms with Crippen molar-refractivity contribution in [1.82, 2.24) is 0 Å². The van der Waals surface area contributed by atoms with Crippen molar-refractivity contribution in [2.24, 2.45) is 11.7 Å². The van der Waals surface area contributed by atoms with Gasteiger partial charge in [0.1, 0.15) is 4.99 Å². The highest BCUT2D eigenvalue weighted by molar-refractivity contribution is 7.80. The van der Waals surface area contributed by atoms with E-state index in [0.29, 0.717) is 16.1 Å². The standard InChI is InChI=1S/C16H21ClN2S/c17-14-10-12(7-8-13(14)16(18)20)19-9-3-6-15(19)11-4-1-2-5-11/h7-8,10-11,15H,1-6,9H2,(H2,18,20). The van der Waals surface area contributed by atoms with E-state index in [4.69, 9.17) is 29.6 Å². The normalized spacial score (nSPS) is 23.4. The Kier molecular flexibility index (Phi) is 4.18. The molecular formula is C16H21ClN2S. The van der Waals surface area contributed by atoms with Gasteiger partial charge < -0.3 is 10.6 Å². The van der Waals surface area contributed by atoms with Gasteiger partial charge in [0.25, 0.3) is 0 Å². The average molecular weight is 309 g/mol. The lowest BCUT2D eigenvalue weighted by molar-refractivity contribution is 0.431. The smallest absolute Gasteiger partial charge is 0.105 e. The fourth-order valence-electron chi connectivity index (χ4n) is 3.83. The van der Waals surface area contributed by atoms with Crippen molar-refractivity contribution in [2.75, 3.05) is 11.4 Å². The van der Waals surface area contributed by atoms with Crippen LogP contribution in [0.15, 0.2) is 18.2 Å². The predicted molar refractivity (Wildman–Crippen MR) is 89.7 cm³/mol. The van der Waals surface area contributed by atoms with E-state index in [1.165, 1.54) is 44.2 Å². The molecule has 0 spiro atoms. The molecule has 2 fully saturated rings. The van der Waals surface area contributed by atoms with Crippen LogP contribution in [0, 0.1) is 5.92 Å². The van der Waals surface area contributed by atoms with E-state index >= 15 is 0 Å². The van der Waals surface area contributed by atoms with Crippen LogP contribution < -0.4 is 10.6 Å². The van der Waals surface area contributed by atoms with Crippen molar-refractivity contribution in [1.29, 1.82) is 0 Å². The van der Waals surface area contributed by atoms with Crippen molar-refractivity contribution in [3.8, 4) is 0 Å². The first-order valence-corrected chi connectivity index (χ1v) is 8.31. The summed E-state index contributed by atoms with van der Waals surface area (Å²) in [5, 5.41) is 0.673. The minimum atomic E-state index is 0.371. The molecule has 2 nitrogen and oxygen atoms in total. The van der Waals surface area contributed by atoms with Gasteiger partial charge in [-0.2, -0.15) is 0 Å². The van der Waals surface area contributed by atoms with E-state index in [0.717, 1.165) is 18.0 Å². The van der Waals surface area contributed by atoms with Gasteiger partial charge in [0, 0.05) is 23.8 Å². The quantitative estimate of drug-likeness (QED) is 0.851. The summed E-state index contributed by atoms with van der Waals surface area (Å²) >= 11 is 11.3. The third-order valence-electron chi connectivity index (χ3n) is 4.79. The number of hydrogen-bond donors (Lipinski definition) is 1. The Morgan fingerprint density at radius 2 is 1.95 bits per heavy atom. The van der Waals surface area contributed by atoms with Crippen LogP contribution in [0.25, 0.3) is 0 Å². The van der Waals surface area contributed by atoms with Gasteiger partial charge in [0.15, 0.2) is 0 Å². The molecule has 108 valence electrons. The van der Waals surface area contributed by atoms with E-state index in [-0.39, 0.29) is 0 Å². The maximum absolute atomic E-state index is 6.32. The van der Waals surface area contributed by atoms with Crippen molar-refractivity contribution in [3.05, 3.63) is 28.8 Å². The molecule has 1 aromatic carbocycles. The highest BCUT2D eigenvalue weighted by atomic mass is 35.5. The second-order valence-electron chi connectivity index (χ2n) is 5.98. The average Bonchev–Trinajstić information content (AvgIpc) is 3.09. The number of hydrogen-bond acceptors (Lipinski definition) is 2. The number of nitrogens with two attached hydrogens (primary N) is 1. The van der Waals surface area contributed by atoms with Crippen molar-refractivity contribution in [2.45, 2.75) is 44.6 Å². The Bertz CT molecular complexity index is 511. The van der Waals surface area contributed by atoms with E-state index in [1.807, 2.05) is 12.1 Å². The Morgan fingerprint density at radius 1 is 1.20 bits per heavy atom. The van der Waals surface area contributed by atoms with E-state index in [2.05, 4.69) is 11.0 Å². The lowest BCUT2D eigenvalue weighted by Crippen LogP contribution is -2.34. The van der Waals surface area contributed by atoms with Gasteiger partial charge >= 0.3 is 0 Å². The maximum atomic E-state index is 6.32. The summed E-state index contributed by atoms with van der Waals surface area (Å²) in [6.45, 7) is 1.14. The lowest BCUT2D eigenvalue weighted by atomic mass is 9.95. The molecule has 1 saturated heterocycles. The Labute approximate surface area is 131 Å². The molecule has 0 amide bonds. The summed E-state index contributed by atoms with van der Waals surface area (Å²) in [5.74, 6) is 0.867. The molecule has 1 saturated carbocycles. The zero-order valence-corrected chi connectivity index (χ0v) is 13.2. The van der Waals surface area contributed by atoms with Gasteiger partial charge in [-0.3, -0.25) is 0 Å². The molecule has 1 aliphatic carbocycles. The summed E-state index contributed by atoms with van der Waals surface area (Å²) in [4.78, 5) is 2.92. The summed E-state index contributed by atoms with van der Waals surface area (Å²) in [7, 11) is 0. The Morgan fingerprint density at radius 3 is 2.60 bits per heavy atom. The molecule has 2 N–H and O–H groups in total. The third-order valence-corrected chi connectivity index (χ3v) is 5.33. The van der Waals surface area contributed by atoms with Gasteiger partial charge in [-0.15, -0.1) is 0 Å². The second-order valence-corrected chi connectivity index (χ2v) is 6.82. The minimum absolute atomic E-state index is 0.371. The topological polar surface area (TPSA) is 29.3 Å². The van der Waals surface area contributed by atoms with Crippen molar-refractivity contribution >= 4 is 34.5 Å². The van der Waals surface area contributed by atoms with Gasteiger partial charge in [0.05, 0.1) is 5.02 Å². The molecule has 2 aliphatic rings. The SMILES string of the molecule is NC(=S)c1ccc(N2CCCC2C2CCCC2)cc1Cl. The molecule has 3 rings (SSSR count). The zero-order chi connectivity index (χ0) is 14.1. The summed E-state index contributed by atoms with van der Waals surface area (Å²) in [5.41, 5.74) is 7.68. The highest BCUT2D eigenvalue weighted by Crippen LogP contribution is 2.38. The molecule has 1 unspecified atom stereocenters. The number of benzene rings is 1. The van der Waals surface area contributed by atoms with Crippen LogP contribution >= 0.6 is 23.8 Å². The van der Waals surface area contributed by atoms with Crippen LogP contribution in [0.5, 0.6) is 0 Å². The summed E-state index contributed by atoms with van der Waals surface area (Å²) < 4.78 is 0. The third kappa shape index (κ3) is 2.66. The number of thiocarbonyl (C=S) groups is 1. The van der Waals surface area contributed by atoms with Gasteiger partial charge in [-0.1, -0.05) is 36.7 Å². The lowest BCUT2D eigenvalue weighted by Gasteiger charge is -2.31. The van der Waals surface area contributed by atoms with Gasteiger partial charge in [-0.05, 0) is 49.8 Å². The van der Waals surface area contributed by atoms with E-state index in [9.17, 15) is 0 Å². The number of nitrogens with zero attached hydrogens (tertiary/aromatic N) is 1. The number of halogens is 1. The first kappa shape index (κ1) is 14.2. The Hall–Kier alpha value is -0.800. The molecule has 0 aromatic heterocycles. The van der Waals surface area contributed by atoms with Gasteiger partial charge in [0.2, 0.25) is 0 Å². The monoisotopic (exact) mass is 308 g/mol. The van der Waals surface area contributed by atoms with E-state index in [1.54, 1.807) is 0 Å². The predicted octanol–water partition coefficient (Wildman–Crippen LogP) is 4.13. The fraction of sp³-hybridized carbons (Fsp3) is 0.562. The molecule has 1 atom stereocenters. The molecule has 20 heavy (non-hydrogen) atoms. The van der Waals surface area contributed by atoms with Crippen LogP contribution in [-0.2, 0) is 0 Å². The molecule has 1 heterocycles. The zero-order valence-electron chi connectivity index (χ0n) is 11.6. The number of rotatable bonds is 3. The van der Waals surface area contributed by atoms with Crippen LogP contribution in [0.1, 0.15) is 44.1 Å². The maximum Gasteiger partial charge on any atom is 0.105 e. The number of anilines is 1. The van der Waals surface area contributed by atoms with Crippen LogP contribution in [0.3, 0.4) is 0 Å². The van der Waals surface area contributed by atoms with Crippen LogP contribution in [-0.4, -0.2) is 17.6 Å². The molecule has 4 heteroatoms. The molecule has 1 aromatic rings. The molecule has 1 aliphatic heterocycles. The van der Waals surface area contributed by atoms with Crippen molar-refractivity contribution < 1.29 is 0 Å². The second kappa shape index (κ2) is 5.90. The Balaban J connectivity index is 1.84. The van der Waals surface area contributed by atoms with Crippen molar-refractivity contribution in [3.63, 3.8) is 0 Å². The largest absolute Gasteiger partial charge is 0.389 e. The molecular weight excluding hydrogens is 288 g/mol. The highest BCUT2D eigenvalue weighted by Gasteiger charge is 2.33. The fourth-order valence-corrected chi connectivity index (χ4v) is 4.34. The van der Waals surface area contributed by atoms with Crippen LogP contribution in [0.2, 0.25) is 5.02 Å². The summed E-state index contributed by atoms with van der Waals surface area (Å²) in [6, 6.07) is 6.81. The minimum Gasteiger partial charge on any atom is -0.389 e.